The third-order valence-corrected chi connectivity index (χ3v) is 11.6. The standard InChI is InChI=1S/C34H40ClN5O7S/c1-37-15-13-24(14-16-37)38-17-19-39(20-18-38)33(42)36-34(26-7-5-6-8-29(26)46-3)27-21-23(35)9-11-28(27)40(32(34)41)48(43,44)31-12-10-25(45-2)22-30(31)47-4/h5-12,21-22,24H,13-20H2,1-4H3,(H,36,42). The van der Waals surface area contributed by atoms with Crippen LogP contribution in [0.2, 0.25) is 5.02 Å². The molecule has 0 aliphatic carbocycles. The molecule has 3 aromatic rings. The maximum atomic E-state index is 15.0. The molecule has 3 aliphatic heterocycles. The number of methoxy groups -OCH3 is 3. The van der Waals surface area contributed by atoms with Crippen LogP contribution >= 0.6 is 11.6 Å². The van der Waals surface area contributed by atoms with E-state index < -0.39 is 27.5 Å². The number of rotatable bonds is 8. The number of amides is 3. The van der Waals surface area contributed by atoms with Gasteiger partial charge in [-0.25, -0.2) is 13.2 Å². The summed E-state index contributed by atoms with van der Waals surface area (Å²) in [5, 5.41) is 3.26. The van der Waals surface area contributed by atoms with Crippen molar-refractivity contribution in [2.75, 3.05) is 72.0 Å². The predicted octanol–water partition coefficient (Wildman–Crippen LogP) is 3.77. The summed E-state index contributed by atoms with van der Waals surface area (Å²) < 4.78 is 46.2. The zero-order valence-corrected chi connectivity index (χ0v) is 29.0. The van der Waals surface area contributed by atoms with E-state index in [0.717, 1.165) is 25.9 Å². The van der Waals surface area contributed by atoms with Crippen molar-refractivity contribution in [3.63, 3.8) is 0 Å². The van der Waals surface area contributed by atoms with Gasteiger partial charge >= 0.3 is 6.03 Å². The molecule has 1 atom stereocenters. The molecule has 14 heteroatoms. The zero-order chi connectivity index (χ0) is 34.2. The Labute approximate surface area is 286 Å². The molecule has 2 saturated heterocycles. The maximum Gasteiger partial charge on any atom is 0.318 e. The lowest BCUT2D eigenvalue weighted by Crippen LogP contribution is -2.61. The second-order valence-corrected chi connectivity index (χ2v) is 14.4. The fraction of sp³-hybridized carbons (Fsp3) is 0.412. The highest BCUT2D eigenvalue weighted by Crippen LogP contribution is 2.50. The Morgan fingerprint density at radius 3 is 2.21 bits per heavy atom. The normalized spacial score (nSPS) is 20.8. The Morgan fingerprint density at radius 2 is 1.54 bits per heavy atom. The number of para-hydroxylation sites is 1. The predicted molar refractivity (Wildman–Crippen MR) is 182 cm³/mol. The van der Waals surface area contributed by atoms with Gasteiger partial charge in [-0.1, -0.05) is 29.8 Å². The topological polar surface area (TPSA) is 121 Å². The molecule has 2 fully saturated rings. The van der Waals surface area contributed by atoms with Crippen LogP contribution in [0.3, 0.4) is 0 Å². The molecular weight excluding hydrogens is 658 g/mol. The molecule has 0 saturated carbocycles. The van der Waals surface area contributed by atoms with Crippen LogP contribution in [-0.4, -0.2) is 109 Å². The van der Waals surface area contributed by atoms with E-state index in [-0.39, 0.29) is 38.2 Å². The van der Waals surface area contributed by atoms with Gasteiger partial charge in [0.15, 0.2) is 5.54 Å². The van der Waals surface area contributed by atoms with Crippen molar-refractivity contribution in [2.24, 2.45) is 0 Å². The highest BCUT2D eigenvalue weighted by Gasteiger charge is 2.59. The van der Waals surface area contributed by atoms with Crippen LogP contribution in [-0.2, 0) is 20.4 Å². The number of piperazine rings is 1. The summed E-state index contributed by atoms with van der Waals surface area (Å²) >= 11 is 6.53. The van der Waals surface area contributed by atoms with Gasteiger partial charge in [0.25, 0.3) is 15.9 Å². The number of urea groups is 1. The minimum absolute atomic E-state index is 0.0148. The number of fused-ring (bicyclic) bond motifs is 1. The fourth-order valence-corrected chi connectivity index (χ4v) is 8.76. The summed E-state index contributed by atoms with van der Waals surface area (Å²) in [4.78, 5) is 35.5. The van der Waals surface area contributed by atoms with Gasteiger partial charge in [-0.15, -0.1) is 0 Å². The largest absolute Gasteiger partial charge is 0.497 e. The van der Waals surface area contributed by atoms with E-state index in [4.69, 9.17) is 25.8 Å². The van der Waals surface area contributed by atoms with Crippen molar-refractivity contribution in [3.05, 3.63) is 76.8 Å². The number of anilines is 1. The first-order chi connectivity index (χ1) is 23.0. The van der Waals surface area contributed by atoms with Crippen molar-refractivity contribution >= 4 is 39.2 Å². The van der Waals surface area contributed by atoms with Crippen LogP contribution in [0.1, 0.15) is 24.0 Å². The number of hydrogen-bond acceptors (Lipinski definition) is 9. The third-order valence-electron chi connectivity index (χ3n) is 9.59. The van der Waals surface area contributed by atoms with Crippen molar-refractivity contribution in [2.45, 2.75) is 29.3 Å². The summed E-state index contributed by atoms with van der Waals surface area (Å²) in [6.07, 6.45) is 2.16. The molecule has 0 spiro atoms. The first-order valence-corrected chi connectivity index (χ1v) is 17.6. The van der Waals surface area contributed by atoms with Crippen LogP contribution in [0.25, 0.3) is 0 Å². The lowest BCUT2D eigenvalue weighted by atomic mass is 9.83. The van der Waals surface area contributed by atoms with E-state index in [2.05, 4.69) is 22.2 Å². The van der Waals surface area contributed by atoms with Crippen LogP contribution < -0.4 is 23.8 Å². The van der Waals surface area contributed by atoms with Crippen molar-refractivity contribution in [3.8, 4) is 17.2 Å². The molecule has 1 unspecified atom stereocenters. The lowest BCUT2D eigenvalue weighted by Gasteiger charge is -2.43. The number of nitrogens with one attached hydrogen (secondary N) is 1. The number of nitrogens with zero attached hydrogens (tertiary/aromatic N) is 4. The molecule has 0 radical (unpaired) electrons. The quantitative estimate of drug-likeness (QED) is 0.375. The smallest absolute Gasteiger partial charge is 0.318 e. The summed E-state index contributed by atoms with van der Waals surface area (Å²) in [7, 11) is 1.74. The maximum absolute atomic E-state index is 15.0. The Kier molecular flexibility index (Phi) is 9.49. The molecule has 3 aliphatic rings. The van der Waals surface area contributed by atoms with Gasteiger partial charge in [0.2, 0.25) is 0 Å². The average molecular weight is 698 g/mol. The number of carbonyl (C=O) groups is 2. The van der Waals surface area contributed by atoms with E-state index >= 15 is 4.79 Å². The molecular formula is C34H40ClN5O7S. The van der Waals surface area contributed by atoms with Crippen molar-refractivity contribution < 1.29 is 32.2 Å². The number of ether oxygens (including phenoxy) is 3. The third kappa shape index (κ3) is 5.82. The van der Waals surface area contributed by atoms with Gasteiger partial charge in [0.1, 0.15) is 22.1 Å². The average Bonchev–Trinajstić information content (AvgIpc) is 3.35. The number of piperidine rings is 1. The molecule has 3 aromatic carbocycles. The number of benzene rings is 3. The Morgan fingerprint density at radius 1 is 0.854 bits per heavy atom. The first kappa shape index (κ1) is 33.8. The van der Waals surface area contributed by atoms with Gasteiger partial charge in [0, 0.05) is 54.4 Å². The van der Waals surface area contributed by atoms with Gasteiger partial charge in [0.05, 0.1) is 27.0 Å². The van der Waals surface area contributed by atoms with Crippen LogP contribution in [0, 0.1) is 0 Å². The minimum Gasteiger partial charge on any atom is -0.497 e. The minimum atomic E-state index is -4.62. The van der Waals surface area contributed by atoms with E-state index in [1.807, 2.05) is 0 Å². The monoisotopic (exact) mass is 697 g/mol. The molecule has 0 bridgehead atoms. The van der Waals surface area contributed by atoms with Gasteiger partial charge in [-0.05, 0) is 69.4 Å². The van der Waals surface area contributed by atoms with Gasteiger partial charge < -0.3 is 29.3 Å². The van der Waals surface area contributed by atoms with E-state index in [9.17, 15) is 13.2 Å². The molecule has 1 N–H and O–H groups in total. The molecule has 6 rings (SSSR count). The second kappa shape index (κ2) is 13.5. The fourth-order valence-electron chi connectivity index (χ4n) is 6.98. The van der Waals surface area contributed by atoms with E-state index in [1.165, 1.54) is 57.7 Å². The molecule has 3 heterocycles. The molecule has 48 heavy (non-hydrogen) atoms. The number of halogens is 1. The summed E-state index contributed by atoms with van der Waals surface area (Å²) in [5.74, 6) is -0.276. The molecule has 0 aromatic heterocycles. The van der Waals surface area contributed by atoms with Gasteiger partial charge in [-0.3, -0.25) is 9.69 Å². The highest BCUT2D eigenvalue weighted by atomic mass is 35.5. The van der Waals surface area contributed by atoms with Crippen LogP contribution in [0.4, 0.5) is 10.5 Å². The summed E-state index contributed by atoms with van der Waals surface area (Å²) in [6, 6.07) is 15.4. The Balaban J connectivity index is 1.42. The number of carbonyl (C=O) groups excluding carboxylic acids is 2. The van der Waals surface area contributed by atoms with Crippen molar-refractivity contribution in [1.82, 2.24) is 20.0 Å². The Hall–Kier alpha value is -4.04. The number of sulfonamides is 1. The van der Waals surface area contributed by atoms with Crippen LogP contribution in [0.5, 0.6) is 17.2 Å². The number of likely N-dealkylation sites (tertiary alicyclic amines) is 1. The highest BCUT2D eigenvalue weighted by molar-refractivity contribution is 7.93. The van der Waals surface area contributed by atoms with Crippen LogP contribution in [0.15, 0.2) is 65.6 Å². The SMILES string of the molecule is COc1ccc(S(=O)(=O)N2C(=O)C(NC(=O)N3CCN(C4CCN(C)CC4)CC3)(c3ccccc3OC)c3cc(Cl)ccc32)c(OC)c1. The summed E-state index contributed by atoms with van der Waals surface area (Å²) in [6.45, 7) is 4.36. The molecule has 12 nitrogen and oxygen atoms in total. The van der Waals surface area contributed by atoms with E-state index in [0.29, 0.717) is 42.3 Å². The zero-order valence-electron chi connectivity index (χ0n) is 27.4. The second-order valence-electron chi connectivity index (χ2n) is 12.2. The Bertz CT molecular complexity index is 1810. The lowest BCUT2D eigenvalue weighted by molar-refractivity contribution is -0.121. The first-order valence-electron chi connectivity index (χ1n) is 15.8. The van der Waals surface area contributed by atoms with E-state index in [1.54, 1.807) is 29.2 Å². The van der Waals surface area contributed by atoms with Gasteiger partial charge in [-0.2, -0.15) is 4.31 Å². The summed E-state index contributed by atoms with van der Waals surface area (Å²) in [5.41, 5.74) is -1.51. The van der Waals surface area contributed by atoms with Crippen molar-refractivity contribution in [1.29, 1.82) is 0 Å². The number of hydrogen-bond donors (Lipinski definition) is 1. The molecule has 256 valence electrons. The molecule has 3 amide bonds.